The fraction of sp³-hybridized carbons (Fsp3) is 0.250. The van der Waals surface area contributed by atoms with Crippen LogP contribution in [0.5, 0.6) is 0 Å². The van der Waals surface area contributed by atoms with Gasteiger partial charge in [-0.2, -0.15) is 5.10 Å². The number of hydrogen-bond acceptors (Lipinski definition) is 2. The molecule has 2 rings (SSSR count). The van der Waals surface area contributed by atoms with Gasteiger partial charge in [0.2, 0.25) is 0 Å². The highest BCUT2D eigenvalue weighted by atomic mass is 79.9. The predicted octanol–water partition coefficient (Wildman–Crippen LogP) is 4.02. The second kappa shape index (κ2) is 5.86. The quantitative estimate of drug-likeness (QED) is 0.786. The summed E-state index contributed by atoms with van der Waals surface area (Å²) in [5.41, 5.74) is 2.27. The number of aromatic nitrogens is 2. The maximum atomic E-state index is 4.26. The summed E-state index contributed by atoms with van der Waals surface area (Å²) in [5, 5.41) is 7.59. The summed E-state index contributed by atoms with van der Waals surface area (Å²) in [4.78, 5) is 0. The van der Waals surface area contributed by atoms with Crippen LogP contribution in [0.3, 0.4) is 0 Å². The number of halogens is 3. The monoisotopic (exact) mass is 435 g/mol. The van der Waals surface area contributed by atoms with Crippen molar-refractivity contribution >= 4 is 47.8 Å². The Morgan fingerprint density at radius 3 is 2.44 bits per heavy atom. The van der Waals surface area contributed by atoms with Crippen LogP contribution in [0.15, 0.2) is 37.8 Å². The molecule has 0 aliphatic heterocycles. The minimum Gasteiger partial charge on any atom is -0.308 e. The lowest BCUT2D eigenvalue weighted by Crippen LogP contribution is -2.21. The third kappa shape index (κ3) is 2.71. The average Bonchev–Trinajstić information content (AvgIpc) is 2.64. The lowest BCUT2D eigenvalue weighted by molar-refractivity contribution is 0.602. The van der Waals surface area contributed by atoms with Gasteiger partial charge >= 0.3 is 0 Å². The van der Waals surface area contributed by atoms with Gasteiger partial charge in [-0.1, -0.05) is 37.9 Å². The van der Waals surface area contributed by atoms with E-state index in [0.29, 0.717) is 0 Å². The number of nitrogens with one attached hydrogen (secondary N) is 1. The molecule has 0 aliphatic rings. The molecule has 0 fully saturated rings. The van der Waals surface area contributed by atoms with Crippen molar-refractivity contribution in [2.75, 3.05) is 7.05 Å². The summed E-state index contributed by atoms with van der Waals surface area (Å²) in [6.45, 7) is 0. The van der Waals surface area contributed by atoms with Crippen LogP contribution in [0, 0.1) is 0 Å². The fourth-order valence-corrected chi connectivity index (χ4v) is 3.77. The molecular formula is C12H12Br3N3. The van der Waals surface area contributed by atoms with Crippen LogP contribution < -0.4 is 5.32 Å². The Hall–Kier alpha value is -0.170. The normalized spacial score (nSPS) is 12.7. The highest BCUT2D eigenvalue weighted by molar-refractivity contribution is 9.11. The highest BCUT2D eigenvalue weighted by Crippen LogP contribution is 2.33. The largest absolute Gasteiger partial charge is 0.308 e. The molecule has 0 saturated carbocycles. The van der Waals surface area contributed by atoms with E-state index in [1.54, 1.807) is 0 Å². The summed E-state index contributed by atoms with van der Waals surface area (Å²) < 4.78 is 4.99. The summed E-state index contributed by atoms with van der Waals surface area (Å²) >= 11 is 10.6. The maximum Gasteiger partial charge on any atom is 0.0768 e. The zero-order valence-electron chi connectivity index (χ0n) is 9.92. The van der Waals surface area contributed by atoms with Gasteiger partial charge < -0.3 is 5.32 Å². The van der Waals surface area contributed by atoms with Crippen molar-refractivity contribution in [2.45, 2.75) is 6.04 Å². The molecule has 0 saturated heterocycles. The van der Waals surface area contributed by atoms with Crippen molar-refractivity contribution in [1.29, 1.82) is 0 Å². The van der Waals surface area contributed by atoms with Gasteiger partial charge in [0.05, 0.1) is 22.4 Å². The molecule has 96 valence electrons. The number of rotatable bonds is 3. The molecule has 0 bridgehead atoms. The minimum absolute atomic E-state index is 0.0781. The van der Waals surface area contributed by atoms with Crippen molar-refractivity contribution < 1.29 is 0 Å². The molecule has 0 spiro atoms. The van der Waals surface area contributed by atoms with Crippen LogP contribution in [0.2, 0.25) is 0 Å². The third-order valence-electron chi connectivity index (χ3n) is 2.77. The van der Waals surface area contributed by atoms with Crippen LogP contribution in [-0.2, 0) is 7.05 Å². The smallest absolute Gasteiger partial charge is 0.0768 e. The van der Waals surface area contributed by atoms with Crippen molar-refractivity contribution in [1.82, 2.24) is 15.1 Å². The molecule has 18 heavy (non-hydrogen) atoms. The standard InChI is InChI=1S/C12H12Br3N3/c1-16-11(12-10(15)6-17-18(12)2)8-4-3-7(13)5-9(8)14/h3-6,11,16H,1-2H3. The number of benzene rings is 1. The predicted molar refractivity (Wildman–Crippen MR) is 83.7 cm³/mol. The molecule has 0 amide bonds. The van der Waals surface area contributed by atoms with E-state index in [9.17, 15) is 0 Å². The maximum absolute atomic E-state index is 4.26. The van der Waals surface area contributed by atoms with Crippen LogP contribution in [0.1, 0.15) is 17.3 Å². The van der Waals surface area contributed by atoms with Crippen LogP contribution in [-0.4, -0.2) is 16.8 Å². The first-order valence-electron chi connectivity index (χ1n) is 5.34. The van der Waals surface area contributed by atoms with Crippen LogP contribution >= 0.6 is 47.8 Å². The zero-order chi connectivity index (χ0) is 13.3. The highest BCUT2D eigenvalue weighted by Gasteiger charge is 2.21. The summed E-state index contributed by atoms with van der Waals surface area (Å²) in [5.74, 6) is 0. The Bertz CT molecular complexity index is 546. The fourth-order valence-electron chi connectivity index (χ4n) is 1.92. The van der Waals surface area contributed by atoms with Gasteiger partial charge in [-0.15, -0.1) is 0 Å². The van der Waals surface area contributed by atoms with Gasteiger partial charge in [0, 0.05) is 16.0 Å². The number of nitrogens with zero attached hydrogens (tertiary/aromatic N) is 2. The molecule has 1 atom stereocenters. The van der Waals surface area contributed by atoms with Gasteiger partial charge in [-0.3, -0.25) is 4.68 Å². The van der Waals surface area contributed by atoms with Crippen molar-refractivity contribution in [3.05, 3.63) is 49.1 Å². The molecule has 1 N–H and O–H groups in total. The van der Waals surface area contributed by atoms with Gasteiger partial charge in [-0.05, 0) is 40.7 Å². The van der Waals surface area contributed by atoms with E-state index in [1.165, 1.54) is 5.56 Å². The zero-order valence-corrected chi connectivity index (χ0v) is 14.7. The molecule has 3 nitrogen and oxygen atoms in total. The molecule has 0 aliphatic carbocycles. The first kappa shape index (κ1) is 14.2. The van der Waals surface area contributed by atoms with Gasteiger partial charge in [-0.25, -0.2) is 0 Å². The summed E-state index contributed by atoms with van der Waals surface area (Å²) in [6, 6.07) is 6.25. The van der Waals surface area contributed by atoms with E-state index in [1.807, 2.05) is 37.1 Å². The van der Waals surface area contributed by atoms with Crippen LogP contribution in [0.4, 0.5) is 0 Å². The Balaban J connectivity index is 2.52. The van der Waals surface area contributed by atoms with E-state index in [-0.39, 0.29) is 6.04 Å². The topological polar surface area (TPSA) is 29.9 Å². The Kier molecular flexibility index (Phi) is 4.64. The first-order valence-corrected chi connectivity index (χ1v) is 7.72. The molecule has 1 aromatic carbocycles. The van der Waals surface area contributed by atoms with Gasteiger partial charge in [0.25, 0.3) is 0 Å². The lowest BCUT2D eigenvalue weighted by atomic mass is 10.0. The Labute approximate surface area is 131 Å². The molecule has 0 radical (unpaired) electrons. The van der Waals surface area contributed by atoms with Crippen molar-refractivity contribution in [2.24, 2.45) is 7.05 Å². The Morgan fingerprint density at radius 1 is 1.22 bits per heavy atom. The average molecular weight is 438 g/mol. The minimum atomic E-state index is 0.0781. The summed E-state index contributed by atoms with van der Waals surface area (Å²) in [6.07, 6.45) is 1.81. The van der Waals surface area contributed by atoms with E-state index in [0.717, 1.165) is 19.1 Å². The van der Waals surface area contributed by atoms with E-state index < -0.39 is 0 Å². The second-order valence-corrected chi connectivity index (χ2v) is 6.51. The van der Waals surface area contributed by atoms with E-state index >= 15 is 0 Å². The molecule has 1 unspecified atom stereocenters. The Morgan fingerprint density at radius 2 is 1.94 bits per heavy atom. The molecule has 6 heteroatoms. The van der Waals surface area contributed by atoms with E-state index in [4.69, 9.17) is 0 Å². The third-order valence-corrected chi connectivity index (χ3v) is 4.56. The molecular weight excluding hydrogens is 426 g/mol. The lowest BCUT2D eigenvalue weighted by Gasteiger charge is -2.19. The van der Waals surface area contributed by atoms with Crippen LogP contribution in [0.25, 0.3) is 0 Å². The van der Waals surface area contributed by atoms with Crippen molar-refractivity contribution in [3.63, 3.8) is 0 Å². The van der Waals surface area contributed by atoms with Crippen molar-refractivity contribution in [3.8, 4) is 0 Å². The molecule has 1 heterocycles. The number of hydrogen-bond donors (Lipinski definition) is 1. The summed E-state index contributed by atoms with van der Waals surface area (Å²) in [7, 11) is 3.88. The van der Waals surface area contributed by atoms with E-state index in [2.05, 4.69) is 64.3 Å². The SMILES string of the molecule is CNC(c1ccc(Br)cc1Br)c1c(Br)cnn1C. The van der Waals surface area contributed by atoms with Gasteiger partial charge in [0.1, 0.15) is 0 Å². The first-order chi connectivity index (χ1) is 8.54. The second-order valence-electron chi connectivity index (χ2n) is 3.89. The molecule has 2 aromatic rings. The van der Waals surface area contributed by atoms with Gasteiger partial charge in [0.15, 0.2) is 0 Å². The molecule has 1 aromatic heterocycles. The number of aryl methyl sites for hydroxylation is 1.